The van der Waals surface area contributed by atoms with Gasteiger partial charge in [0.2, 0.25) is 0 Å². The monoisotopic (exact) mass is 271 g/mol. The molecule has 102 valence electrons. The van der Waals surface area contributed by atoms with Gasteiger partial charge in [0, 0.05) is 5.54 Å². The van der Waals surface area contributed by atoms with E-state index < -0.39 is 0 Å². The summed E-state index contributed by atoms with van der Waals surface area (Å²) < 4.78 is 1.39. The molecule has 0 spiro atoms. The van der Waals surface area contributed by atoms with Crippen LogP contribution in [-0.2, 0) is 0 Å². The standard InChI is InChI=1S/C13H22ClN3O/c1-6-7-13(4,5)16-10-8-15-17(9(2)3)12(18)11(10)14/h8-9,16H,6-7H2,1-5H3. The van der Waals surface area contributed by atoms with Gasteiger partial charge in [-0.1, -0.05) is 24.9 Å². The summed E-state index contributed by atoms with van der Waals surface area (Å²) in [5.41, 5.74) is 0.261. The van der Waals surface area contributed by atoms with Crippen molar-refractivity contribution >= 4 is 17.3 Å². The number of nitrogens with one attached hydrogen (secondary N) is 1. The topological polar surface area (TPSA) is 46.9 Å². The molecule has 18 heavy (non-hydrogen) atoms. The predicted octanol–water partition coefficient (Wildman–Crippen LogP) is 3.47. The van der Waals surface area contributed by atoms with Gasteiger partial charge >= 0.3 is 0 Å². The molecule has 4 nitrogen and oxygen atoms in total. The van der Waals surface area contributed by atoms with E-state index in [4.69, 9.17) is 11.6 Å². The molecule has 1 aromatic rings. The molecular formula is C13H22ClN3O. The highest BCUT2D eigenvalue weighted by Crippen LogP contribution is 2.23. The molecule has 5 heteroatoms. The summed E-state index contributed by atoms with van der Waals surface area (Å²) in [4.78, 5) is 12.0. The summed E-state index contributed by atoms with van der Waals surface area (Å²) in [5, 5.41) is 7.64. The second-order valence-electron chi connectivity index (χ2n) is 5.47. The zero-order valence-corrected chi connectivity index (χ0v) is 12.5. The molecule has 0 aliphatic rings. The molecule has 0 aromatic carbocycles. The molecule has 0 unspecified atom stereocenters. The molecule has 1 aromatic heterocycles. The maximum absolute atomic E-state index is 12.0. The van der Waals surface area contributed by atoms with Crippen molar-refractivity contribution in [2.45, 2.75) is 59.0 Å². The van der Waals surface area contributed by atoms with Crippen LogP contribution in [0.2, 0.25) is 5.02 Å². The Balaban J connectivity index is 3.07. The average Bonchev–Trinajstić information content (AvgIpc) is 2.24. The lowest BCUT2D eigenvalue weighted by atomic mass is 9.99. The Hall–Kier alpha value is -1.03. The van der Waals surface area contributed by atoms with Gasteiger partial charge in [0.05, 0.1) is 17.9 Å². The van der Waals surface area contributed by atoms with Crippen molar-refractivity contribution in [1.29, 1.82) is 0 Å². The maximum atomic E-state index is 12.0. The van der Waals surface area contributed by atoms with Crippen LogP contribution in [0.5, 0.6) is 0 Å². The zero-order chi connectivity index (χ0) is 13.9. The van der Waals surface area contributed by atoms with Crippen LogP contribution in [0.3, 0.4) is 0 Å². The summed E-state index contributed by atoms with van der Waals surface area (Å²) in [6.45, 7) is 10.1. The van der Waals surface area contributed by atoms with Gasteiger partial charge in [-0.2, -0.15) is 5.10 Å². The predicted molar refractivity (Wildman–Crippen MR) is 76.5 cm³/mol. The van der Waals surface area contributed by atoms with Crippen LogP contribution in [0.1, 0.15) is 53.5 Å². The van der Waals surface area contributed by atoms with Crippen molar-refractivity contribution < 1.29 is 0 Å². The van der Waals surface area contributed by atoms with E-state index in [9.17, 15) is 4.79 Å². The Labute approximate surface area is 113 Å². The second kappa shape index (κ2) is 5.74. The number of nitrogens with zero attached hydrogens (tertiary/aromatic N) is 2. The number of rotatable bonds is 5. The molecule has 0 bridgehead atoms. The number of hydrogen-bond acceptors (Lipinski definition) is 3. The van der Waals surface area contributed by atoms with Crippen LogP contribution in [0.25, 0.3) is 0 Å². The minimum Gasteiger partial charge on any atom is -0.377 e. The molecule has 1 rings (SSSR count). The smallest absolute Gasteiger partial charge is 0.287 e. The SMILES string of the molecule is CCCC(C)(C)Nc1cnn(C(C)C)c(=O)c1Cl. The number of aromatic nitrogens is 2. The molecule has 0 amide bonds. The Morgan fingerprint density at radius 3 is 2.61 bits per heavy atom. The fourth-order valence-corrected chi connectivity index (χ4v) is 2.13. The van der Waals surface area contributed by atoms with Crippen molar-refractivity contribution in [3.05, 3.63) is 21.6 Å². The Morgan fingerprint density at radius 2 is 2.11 bits per heavy atom. The van der Waals surface area contributed by atoms with E-state index in [1.54, 1.807) is 6.20 Å². The van der Waals surface area contributed by atoms with Gasteiger partial charge in [-0.05, 0) is 34.1 Å². The van der Waals surface area contributed by atoms with E-state index >= 15 is 0 Å². The lowest BCUT2D eigenvalue weighted by Gasteiger charge is -2.27. The Bertz CT molecular complexity index is 466. The van der Waals surface area contributed by atoms with Gasteiger partial charge in [0.25, 0.3) is 5.56 Å². The highest BCUT2D eigenvalue weighted by molar-refractivity contribution is 6.32. The number of hydrogen-bond donors (Lipinski definition) is 1. The maximum Gasteiger partial charge on any atom is 0.287 e. The third-order valence-corrected chi connectivity index (χ3v) is 3.15. The van der Waals surface area contributed by atoms with Crippen molar-refractivity contribution in [3.8, 4) is 0 Å². The number of halogens is 1. The van der Waals surface area contributed by atoms with E-state index in [1.165, 1.54) is 4.68 Å². The largest absolute Gasteiger partial charge is 0.377 e. The molecule has 1 heterocycles. The first-order valence-electron chi connectivity index (χ1n) is 6.34. The molecule has 0 atom stereocenters. The third-order valence-electron chi connectivity index (χ3n) is 2.78. The summed E-state index contributed by atoms with van der Waals surface area (Å²) in [6.07, 6.45) is 3.69. The summed E-state index contributed by atoms with van der Waals surface area (Å²) in [6, 6.07) is 0.00713. The second-order valence-corrected chi connectivity index (χ2v) is 5.85. The molecule has 1 N–H and O–H groups in total. The minimum absolute atomic E-state index is 0.00713. The normalized spacial score (nSPS) is 11.9. The van der Waals surface area contributed by atoms with Gasteiger partial charge < -0.3 is 5.32 Å². The fraction of sp³-hybridized carbons (Fsp3) is 0.692. The Morgan fingerprint density at radius 1 is 1.50 bits per heavy atom. The van der Waals surface area contributed by atoms with E-state index in [-0.39, 0.29) is 22.2 Å². The lowest BCUT2D eigenvalue weighted by molar-refractivity contribution is 0.495. The van der Waals surface area contributed by atoms with Crippen LogP contribution in [0.15, 0.2) is 11.0 Å². The van der Waals surface area contributed by atoms with Crippen LogP contribution in [0, 0.1) is 0 Å². The van der Waals surface area contributed by atoms with Crippen LogP contribution < -0.4 is 10.9 Å². The third kappa shape index (κ3) is 3.48. The Kier molecular flexibility index (Phi) is 4.79. The zero-order valence-electron chi connectivity index (χ0n) is 11.7. The van der Waals surface area contributed by atoms with E-state index in [0.717, 1.165) is 12.8 Å². The van der Waals surface area contributed by atoms with Gasteiger partial charge in [0.1, 0.15) is 5.02 Å². The summed E-state index contributed by atoms with van der Waals surface area (Å²) >= 11 is 6.11. The minimum atomic E-state index is -0.246. The lowest BCUT2D eigenvalue weighted by Crippen LogP contribution is -2.33. The highest BCUT2D eigenvalue weighted by Gasteiger charge is 2.19. The molecule has 0 fully saturated rings. The number of anilines is 1. The molecule has 0 radical (unpaired) electrons. The molecule has 0 aliphatic heterocycles. The van der Waals surface area contributed by atoms with Crippen LogP contribution in [-0.4, -0.2) is 15.3 Å². The van der Waals surface area contributed by atoms with Crippen LogP contribution in [0.4, 0.5) is 5.69 Å². The summed E-state index contributed by atoms with van der Waals surface area (Å²) in [7, 11) is 0. The molecule has 0 saturated carbocycles. The summed E-state index contributed by atoms with van der Waals surface area (Å²) in [5.74, 6) is 0. The van der Waals surface area contributed by atoms with E-state index in [1.807, 2.05) is 13.8 Å². The first-order valence-corrected chi connectivity index (χ1v) is 6.72. The first kappa shape index (κ1) is 15.0. The van der Waals surface area contributed by atoms with Gasteiger partial charge in [-0.15, -0.1) is 0 Å². The molecular weight excluding hydrogens is 250 g/mol. The van der Waals surface area contributed by atoms with Crippen molar-refractivity contribution in [2.24, 2.45) is 0 Å². The quantitative estimate of drug-likeness (QED) is 0.892. The van der Waals surface area contributed by atoms with Gasteiger partial charge in [-0.25, -0.2) is 4.68 Å². The molecule has 0 saturated heterocycles. The van der Waals surface area contributed by atoms with Crippen LogP contribution >= 0.6 is 11.6 Å². The average molecular weight is 272 g/mol. The van der Waals surface area contributed by atoms with Crippen molar-refractivity contribution in [1.82, 2.24) is 9.78 Å². The van der Waals surface area contributed by atoms with Gasteiger partial charge in [0.15, 0.2) is 0 Å². The van der Waals surface area contributed by atoms with Crippen molar-refractivity contribution in [3.63, 3.8) is 0 Å². The fourth-order valence-electron chi connectivity index (χ4n) is 1.95. The van der Waals surface area contributed by atoms with E-state index in [2.05, 4.69) is 31.2 Å². The molecule has 0 aliphatic carbocycles. The van der Waals surface area contributed by atoms with E-state index in [0.29, 0.717) is 5.69 Å². The highest BCUT2D eigenvalue weighted by atomic mass is 35.5. The van der Waals surface area contributed by atoms with Crippen molar-refractivity contribution in [2.75, 3.05) is 5.32 Å². The van der Waals surface area contributed by atoms with Gasteiger partial charge in [-0.3, -0.25) is 4.79 Å². The first-order chi connectivity index (χ1) is 8.28.